The van der Waals surface area contributed by atoms with Gasteiger partial charge in [0.25, 0.3) is 11.8 Å². The number of aromatic carboxylic acids is 1. The largest absolute Gasteiger partial charge is 0.496 e. The first-order chi connectivity index (χ1) is 18.7. The molecule has 6 rings (SSSR count). The van der Waals surface area contributed by atoms with Gasteiger partial charge >= 0.3 is 5.97 Å². The van der Waals surface area contributed by atoms with Gasteiger partial charge in [-0.05, 0) is 71.8 Å². The zero-order chi connectivity index (χ0) is 27.4. The molecule has 1 N–H and O–H groups in total. The third kappa shape index (κ3) is 4.00. The summed E-state index contributed by atoms with van der Waals surface area (Å²) in [6, 6.07) is 18.2. The number of nitrogens with zero attached hydrogens (tertiary/aromatic N) is 2. The lowest BCUT2D eigenvalue weighted by molar-refractivity contribution is 0.0696. The van der Waals surface area contributed by atoms with Crippen LogP contribution in [0.1, 0.15) is 31.1 Å². The number of anilines is 1. The molecular weight excluding hydrogens is 527 g/mol. The number of rotatable bonds is 5. The number of ether oxygens (including phenoxy) is 1. The topological polar surface area (TPSA) is 110 Å². The molecule has 0 aliphatic carbocycles. The smallest absolute Gasteiger partial charge is 0.335 e. The molecule has 2 heterocycles. The quantitative estimate of drug-likeness (QED) is 0.254. The second-order valence-corrected chi connectivity index (χ2v) is 9.13. The summed E-state index contributed by atoms with van der Waals surface area (Å²) >= 11 is 5.94. The third-order valence-corrected chi connectivity index (χ3v) is 6.74. The van der Waals surface area contributed by atoms with Crippen molar-refractivity contribution in [3.8, 4) is 28.3 Å². The molecule has 5 aromatic rings. The summed E-state index contributed by atoms with van der Waals surface area (Å²) < 4.78 is 25.1. The normalized spacial score (nSPS) is 12.7. The minimum atomic E-state index is -1.20. The zero-order valence-electron chi connectivity index (χ0n) is 20.1. The maximum atomic E-state index is 13.6. The van der Waals surface area contributed by atoms with Gasteiger partial charge in [-0.15, -0.1) is 0 Å². The average molecular weight is 543 g/mol. The van der Waals surface area contributed by atoms with Gasteiger partial charge < -0.3 is 14.3 Å². The Bertz CT molecular complexity index is 1860. The number of aromatic nitrogens is 1. The van der Waals surface area contributed by atoms with Gasteiger partial charge in [0.05, 0.1) is 40.1 Å². The van der Waals surface area contributed by atoms with E-state index in [1.165, 1.54) is 37.4 Å². The van der Waals surface area contributed by atoms with Crippen LogP contribution < -0.4 is 9.64 Å². The number of fused-ring (bicyclic) bond motifs is 2. The van der Waals surface area contributed by atoms with Crippen molar-refractivity contribution >= 4 is 46.2 Å². The lowest BCUT2D eigenvalue weighted by Crippen LogP contribution is -2.29. The van der Waals surface area contributed by atoms with Crippen LogP contribution in [0.25, 0.3) is 33.7 Å². The fraction of sp³-hybridized carbons (Fsp3) is 0.0345. The van der Waals surface area contributed by atoms with Crippen LogP contribution in [0.2, 0.25) is 5.02 Å². The second kappa shape index (κ2) is 9.07. The molecule has 0 bridgehead atoms. The Hall–Kier alpha value is -5.02. The van der Waals surface area contributed by atoms with Crippen LogP contribution in [0.15, 0.2) is 77.2 Å². The Morgan fingerprint density at radius 3 is 2.41 bits per heavy atom. The highest BCUT2D eigenvalue weighted by atomic mass is 35.5. The van der Waals surface area contributed by atoms with E-state index in [4.69, 9.17) is 20.8 Å². The van der Waals surface area contributed by atoms with Crippen LogP contribution >= 0.6 is 11.6 Å². The molecule has 1 aliphatic heterocycles. The first kappa shape index (κ1) is 24.3. The van der Waals surface area contributed by atoms with Crippen molar-refractivity contribution in [3.05, 3.63) is 100 Å². The van der Waals surface area contributed by atoms with Crippen molar-refractivity contribution in [1.29, 1.82) is 0 Å². The molecule has 2 amide bonds. The van der Waals surface area contributed by atoms with Gasteiger partial charge in [-0.1, -0.05) is 23.7 Å². The summed E-state index contributed by atoms with van der Waals surface area (Å²) in [4.78, 5) is 43.2. The Kier molecular flexibility index (Phi) is 5.66. The molecule has 1 aliphatic rings. The van der Waals surface area contributed by atoms with Crippen LogP contribution in [0, 0.1) is 5.82 Å². The number of oxazole rings is 1. The molecule has 4 aromatic carbocycles. The molecule has 192 valence electrons. The maximum absolute atomic E-state index is 13.6. The minimum Gasteiger partial charge on any atom is -0.496 e. The Balaban J connectivity index is 1.40. The maximum Gasteiger partial charge on any atom is 0.335 e. The number of halogens is 2. The van der Waals surface area contributed by atoms with Crippen LogP contribution in [0.5, 0.6) is 5.75 Å². The molecule has 39 heavy (non-hydrogen) atoms. The van der Waals surface area contributed by atoms with E-state index in [1.54, 1.807) is 42.5 Å². The number of hydrogen-bond acceptors (Lipinski definition) is 6. The summed E-state index contributed by atoms with van der Waals surface area (Å²) in [5.41, 5.74) is 3.07. The number of carboxylic acids is 1. The van der Waals surface area contributed by atoms with Crippen LogP contribution in [-0.4, -0.2) is 35.0 Å². The highest BCUT2D eigenvalue weighted by Gasteiger charge is 2.37. The van der Waals surface area contributed by atoms with E-state index in [2.05, 4.69) is 4.98 Å². The number of imide groups is 1. The standard InChI is InChI=1S/C29H16ClFN2O6/c1-38-24-9-5-17(33-27(34)18-6-2-16(29(36)37)10-19(18)28(33)35)13-20(24)26-32-23-12-15(4-8-25(23)39-26)14-3-7-22(31)21(30)11-14/h2-13H,1H3,(H,36,37). The van der Waals surface area contributed by atoms with E-state index in [-0.39, 0.29) is 33.3 Å². The fourth-order valence-electron chi connectivity index (χ4n) is 4.51. The van der Waals surface area contributed by atoms with Crippen LogP contribution in [0.4, 0.5) is 10.1 Å². The zero-order valence-corrected chi connectivity index (χ0v) is 20.8. The lowest BCUT2D eigenvalue weighted by Gasteiger charge is -2.16. The van der Waals surface area contributed by atoms with Crippen molar-refractivity contribution < 1.29 is 33.0 Å². The van der Waals surface area contributed by atoms with E-state index >= 15 is 0 Å². The van der Waals surface area contributed by atoms with Crippen LogP contribution in [0.3, 0.4) is 0 Å². The Labute approximate surface area is 224 Å². The van der Waals surface area contributed by atoms with E-state index in [0.717, 1.165) is 10.5 Å². The average Bonchev–Trinajstić information content (AvgIpc) is 3.47. The number of carboxylic acid groups (broad SMARTS) is 1. The van der Waals surface area contributed by atoms with Gasteiger partial charge in [-0.2, -0.15) is 0 Å². The van der Waals surface area contributed by atoms with E-state index < -0.39 is 23.6 Å². The molecule has 0 spiro atoms. The SMILES string of the molecule is COc1ccc(N2C(=O)c3ccc(C(=O)O)cc3C2=O)cc1-c1nc2cc(-c3ccc(F)c(Cl)c3)ccc2o1. The van der Waals surface area contributed by atoms with E-state index in [0.29, 0.717) is 28.0 Å². The number of amides is 2. The number of carbonyl (C=O) groups is 3. The van der Waals surface area contributed by atoms with Gasteiger partial charge in [-0.25, -0.2) is 19.1 Å². The van der Waals surface area contributed by atoms with Gasteiger partial charge in [0.15, 0.2) is 5.58 Å². The van der Waals surface area contributed by atoms with Gasteiger partial charge in [-0.3, -0.25) is 9.59 Å². The van der Waals surface area contributed by atoms with Gasteiger partial charge in [0.2, 0.25) is 5.89 Å². The Morgan fingerprint density at radius 2 is 1.67 bits per heavy atom. The first-order valence-corrected chi connectivity index (χ1v) is 11.9. The molecule has 0 unspecified atom stereocenters. The number of benzene rings is 4. The lowest BCUT2D eigenvalue weighted by atomic mass is 10.1. The molecule has 0 saturated heterocycles. The molecule has 8 nitrogen and oxygen atoms in total. The predicted molar refractivity (Wildman–Crippen MR) is 141 cm³/mol. The molecule has 0 atom stereocenters. The van der Waals surface area contributed by atoms with Crippen molar-refractivity contribution in [3.63, 3.8) is 0 Å². The van der Waals surface area contributed by atoms with E-state index in [9.17, 15) is 23.9 Å². The molecule has 1 aromatic heterocycles. The molecular formula is C29H16ClFN2O6. The summed E-state index contributed by atoms with van der Waals surface area (Å²) in [6.07, 6.45) is 0. The van der Waals surface area contributed by atoms with Crippen molar-refractivity contribution in [2.24, 2.45) is 0 Å². The molecule has 0 saturated carbocycles. The highest BCUT2D eigenvalue weighted by Crippen LogP contribution is 2.38. The summed E-state index contributed by atoms with van der Waals surface area (Å²) in [6.45, 7) is 0. The van der Waals surface area contributed by atoms with Crippen molar-refractivity contribution in [2.45, 2.75) is 0 Å². The van der Waals surface area contributed by atoms with Crippen molar-refractivity contribution in [2.75, 3.05) is 12.0 Å². The van der Waals surface area contributed by atoms with Gasteiger partial charge in [0.1, 0.15) is 17.1 Å². The second-order valence-electron chi connectivity index (χ2n) is 8.73. The van der Waals surface area contributed by atoms with E-state index in [1.807, 2.05) is 0 Å². The summed E-state index contributed by atoms with van der Waals surface area (Å²) in [7, 11) is 1.47. The number of methoxy groups -OCH3 is 1. The fourth-order valence-corrected chi connectivity index (χ4v) is 4.69. The molecule has 10 heteroatoms. The van der Waals surface area contributed by atoms with Crippen molar-refractivity contribution in [1.82, 2.24) is 4.98 Å². The molecule has 0 fully saturated rings. The first-order valence-electron chi connectivity index (χ1n) is 11.6. The number of hydrogen-bond donors (Lipinski definition) is 1. The Morgan fingerprint density at radius 1 is 0.923 bits per heavy atom. The predicted octanol–water partition coefficient (Wildman–Crippen LogP) is 6.46. The molecule has 0 radical (unpaired) electrons. The summed E-state index contributed by atoms with van der Waals surface area (Å²) in [5, 5.41) is 9.28. The van der Waals surface area contributed by atoms with Crippen LogP contribution in [-0.2, 0) is 0 Å². The number of carbonyl (C=O) groups excluding carboxylic acids is 2. The minimum absolute atomic E-state index is 0.00216. The highest BCUT2D eigenvalue weighted by molar-refractivity contribution is 6.34. The monoisotopic (exact) mass is 542 g/mol. The van der Waals surface area contributed by atoms with Gasteiger partial charge in [0, 0.05) is 0 Å². The third-order valence-electron chi connectivity index (χ3n) is 6.45. The summed E-state index contributed by atoms with van der Waals surface area (Å²) in [5.74, 6) is -2.37.